The summed E-state index contributed by atoms with van der Waals surface area (Å²) in [6, 6.07) is 29.1. The second-order valence-electron chi connectivity index (χ2n) is 8.76. The van der Waals surface area contributed by atoms with Crippen molar-refractivity contribution < 1.29 is 9.47 Å². The molecule has 0 saturated carbocycles. The lowest BCUT2D eigenvalue weighted by Gasteiger charge is -2.27. The summed E-state index contributed by atoms with van der Waals surface area (Å²) in [6.07, 6.45) is 7.61. The summed E-state index contributed by atoms with van der Waals surface area (Å²) in [5, 5.41) is 9.30. The van der Waals surface area contributed by atoms with Crippen LogP contribution in [-0.4, -0.2) is 0 Å². The first kappa shape index (κ1) is 23.0. The fourth-order valence-electron chi connectivity index (χ4n) is 4.33. The molecule has 4 nitrogen and oxygen atoms in total. The number of rotatable bonds is 4. The molecule has 2 aliphatic heterocycles. The largest absolute Gasteiger partial charge is 0.462 e. The van der Waals surface area contributed by atoms with Gasteiger partial charge in [0.15, 0.2) is 0 Å². The van der Waals surface area contributed by atoms with Crippen molar-refractivity contribution >= 4 is 22.6 Å². The molecular formula is C32H26N2O2. The lowest BCUT2D eigenvalue weighted by Crippen LogP contribution is -2.11. The van der Waals surface area contributed by atoms with E-state index in [1.54, 1.807) is 6.92 Å². The van der Waals surface area contributed by atoms with Crippen molar-refractivity contribution in [1.29, 1.82) is 5.26 Å². The third-order valence-corrected chi connectivity index (χ3v) is 6.08. The molecule has 0 aromatic heterocycles. The van der Waals surface area contributed by atoms with Crippen molar-refractivity contribution in [1.82, 2.24) is 0 Å². The van der Waals surface area contributed by atoms with Gasteiger partial charge in [-0.05, 0) is 86.5 Å². The molecule has 0 bridgehead atoms. The second kappa shape index (κ2) is 9.85. The topological polar surface area (TPSA) is 45.5 Å². The molecule has 2 aliphatic rings. The molecule has 36 heavy (non-hydrogen) atoms. The molecule has 3 aromatic rings. The molecule has 5 rings (SSSR count). The second-order valence-corrected chi connectivity index (χ2v) is 8.76. The van der Waals surface area contributed by atoms with Gasteiger partial charge < -0.3 is 14.4 Å². The van der Waals surface area contributed by atoms with Crippen LogP contribution in [0, 0.1) is 11.3 Å². The number of ether oxygens (including phenoxy) is 2. The third kappa shape index (κ3) is 4.73. The number of benzene rings is 3. The zero-order chi connectivity index (χ0) is 25.1. The average Bonchev–Trinajstić information content (AvgIpc) is 2.89. The van der Waals surface area contributed by atoms with Crippen molar-refractivity contribution in [2.24, 2.45) is 0 Å². The number of allylic oxidation sites excluding steroid dienone is 8. The summed E-state index contributed by atoms with van der Waals surface area (Å²) in [7, 11) is 0. The number of nitriles is 1. The molecule has 0 aliphatic carbocycles. The van der Waals surface area contributed by atoms with Gasteiger partial charge in [0, 0.05) is 40.3 Å². The molecule has 0 amide bonds. The number of hydrogen-bond donors (Lipinski definition) is 0. The van der Waals surface area contributed by atoms with Gasteiger partial charge in [0.25, 0.3) is 0 Å². The van der Waals surface area contributed by atoms with Crippen molar-refractivity contribution in [3.63, 3.8) is 0 Å². The maximum atomic E-state index is 9.30. The number of hydrogen-bond acceptors (Lipinski definition) is 4. The molecule has 0 radical (unpaired) electrons. The third-order valence-electron chi connectivity index (χ3n) is 6.08. The summed E-state index contributed by atoms with van der Waals surface area (Å²) < 4.78 is 12.3. The molecular weight excluding hydrogens is 444 g/mol. The molecule has 2 heterocycles. The van der Waals surface area contributed by atoms with Gasteiger partial charge >= 0.3 is 0 Å². The van der Waals surface area contributed by atoms with E-state index in [4.69, 9.17) is 9.47 Å². The van der Waals surface area contributed by atoms with E-state index in [9.17, 15) is 5.26 Å². The minimum absolute atomic E-state index is 0.633. The number of anilines is 3. The van der Waals surface area contributed by atoms with Gasteiger partial charge in [0.2, 0.25) is 0 Å². The molecule has 176 valence electrons. The Balaban J connectivity index is 1.53. The van der Waals surface area contributed by atoms with Gasteiger partial charge in [-0.3, -0.25) is 0 Å². The van der Waals surface area contributed by atoms with Gasteiger partial charge in [-0.15, -0.1) is 0 Å². The van der Waals surface area contributed by atoms with E-state index in [1.807, 2.05) is 67.6 Å². The Hall–Kier alpha value is -4.75. The zero-order valence-electron chi connectivity index (χ0n) is 20.5. The smallest absolute Gasteiger partial charge is 0.137 e. The highest BCUT2D eigenvalue weighted by molar-refractivity contribution is 5.81. The van der Waals surface area contributed by atoms with E-state index in [1.165, 1.54) is 0 Å². The van der Waals surface area contributed by atoms with Gasteiger partial charge in [0.05, 0.1) is 6.07 Å². The van der Waals surface area contributed by atoms with Crippen LogP contribution in [0.25, 0.3) is 5.57 Å². The van der Waals surface area contributed by atoms with Crippen LogP contribution in [0.3, 0.4) is 0 Å². The fourth-order valence-corrected chi connectivity index (χ4v) is 4.33. The first-order valence-electron chi connectivity index (χ1n) is 11.8. The lowest BCUT2D eigenvalue weighted by molar-refractivity contribution is 0.313. The number of fused-ring (bicyclic) bond motifs is 1. The summed E-state index contributed by atoms with van der Waals surface area (Å²) in [5.41, 5.74) is 6.77. The molecule has 3 aromatic carbocycles. The molecule has 0 spiro atoms. The summed E-state index contributed by atoms with van der Waals surface area (Å²) in [5.74, 6) is 2.82. The summed E-state index contributed by atoms with van der Waals surface area (Å²) in [6.45, 7) is 5.76. The minimum Gasteiger partial charge on any atom is -0.462 e. The summed E-state index contributed by atoms with van der Waals surface area (Å²) in [4.78, 5) is 2.21. The van der Waals surface area contributed by atoms with E-state index < -0.39 is 0 Å². The highest BCUT2D eigenvalue weighted by atomic mass is 16.5. The first-order valence-corrected chi connectivity index (χ1v) is 11.8. The van der Waals surface area contributed by atoms with Gasteiger partial charge in [-0.2, -0.15) is 5.26 Å². The Bertz CT molecular complexity index is 1460. The minimum atomic E-state index is 0.633. The van der Waals surface area contributed by atoms with E-state index in [0.717, 1.165) is 45.3 Å². The van der Waals surface area contributed by atoms with E-state index >= 15 is 0 Å². The molecule has 0 unspecified atom stereocenters. The fraction of sp³-hybridized carbons (Fsp3) is 0.0938. The zero-order valence-corrected chi connectivity index (χ0v) is 20.5. The average molecular weight is 471 g/mol. The Labute approximate surface area is 212 Å². The van der Waals surface area contributed by atoms with Crippen LogP contribution in [0.5, 0.6) is 5.75 Å². The maximum Gasteiger partial charge on any atom is 0.137 e. The van der Waals surface area contributed by atoms with E-state index in [2.05, 4.69) is 60.4 Å². The summed E-state index contributed by atoms with van der Waals surface area (Å²) >= 11 is 0. The number of para-hydroxylation sites is 2. The van der Waals surface area contributed by atoms with Crippen LogP contribution >= 0.6 is 0 Å². The van der Waals surface area contributed by atoms with Crippen molar-refractivity contribution in [2.75, 3.05) is 4.90 Å². The van der Waals surface area contributed by atoms with Gasteiger partial charge in [-0.25, -0.2) is 0 Å². The first-order chi connectivity index (χ1) is 17.5. The molecule has 0 saturated heterocycles. The van der Waals surface area contributed by atoms with E-state index in [-0.39, 0.29) is 0 Å². The standard InChI is InChI=1S/C32H26N2O2/c1-22-16-29(20-30-18-25(23(2)21-33)17-24(3)35-30)36-32-19-28(14-15-31(22)32)34(26-10-6-4-7-11-26)27-12-8-5-9-13-27/h4-20H,1-3H3/b25-23-,29-20+. The van der Waals surface area contributed by atoms with Crippen molar-refractivity contribution in [3.8, 4) is 11.8 Å². The van der Waals surface area contributed by atoms with Crippen molar-refractivity contribution in [3.05, 3.63) is 137 Å². The van der Waals surface area contributed by atoms with Crippen LogP contribution in [0.1, 0.15) is 26.3 Å². The van der Waals surface area contributed by atoms with Crippen LogP contribution in [0.4, 0.5) is 17.1 Å². The maximum absolute atomic E-state index is 9.30. The Morgan fingerprint density at radius 1 is 0.806 bits per heavy atom. The predicted molar refractivity (Wildman–Crippen MR) is 145 cm³/mol. The molecule has 0 fully saturated rings. The predicted octanol–water partition coefficient (Wildman–Crippen LogP) is 8.49. The highest BCUT2D eigenvalue weighted by Crippen LogP contribution is 2.41. The number of nitrogens with zero attached hydrogens (tertiary/aromatic N) is 2. The Morgan fingerprint density at radius 2 is 1.47 bits per heavy atom. The van der Waals surface area contributed by atoms with Crippen LogP contribution < -0.4 is 9.64 Å². The van der Waals surface area contributed by atoms with Crippen LogP contribution in [0.15, 0.2) is 132 Å². The quantitative estimate of drug-likeness (QED) is 0.359. The van der Waals surface area contributed by atoms with Gasteiger partial charge in [0.1, 0.15) is 23.0 Å². The Morgan fingerprint density at radius 3 is 2.11 bits per heavy atom. The monoisotopic (exact) mass is 470 g/mol. The van der Waals surface area contributed by atoms with E-state index in [0.29, 0.717) is 17.1 Å². The SMILES string of the molecule is CC1=C/C(=C(\C)C#N)C=C(/C=C2\C=C(C)c3ccc(N(c4ccccc4)c4ccccc4)cc3O2)O1. The van der Waals surface area contributed by atoms with Crippen LogP contribution in [0.2, 0.25) is 0 Å². The molecule has 0 atom stereocenters. The lowest BCUT2D eigenvalue weighted by atomic mass is 10.0. The Kier molecular flexibility index (Phi) is 6.30. The van der Waals surface area contributed by atoms with Crippen molar-refractivity contribution in [2.45, 2.75) is 20.8 Å². The van der Waals surface area contributed by atoms with Gasteiger partial charge in [-0.1, -0.05) is 36.4 Å². The normalized spacial score (nSPS) is 16.9. The molecule has 4 heteroatoms. The molecule has 0 N–H and O–H groups in total. The van der Waals surface area contributed by atoms with Crippen LogP contribution in [-0.2, 0) is 4.74 Å². The highest BCUT2D eigenvalue weighted by Gasteiger charge is 2.20.